The number of nitrogens with one attached hydrogen (secondary N) is 2. The smallest absolute Gasteiger partial charge is 0.153 e. The summed E-state index contributed by atoms with van der Waals surface area (Å²) in [5.41, 5.74) is 0. The zero-order valence-electron chi connectivity index (χ0n) is 10.8. The molecule has 0 bridgehead atoms. The molecule has 1 unspecified atom stereocenters. The van der Waals surface area contributed by atoms with Crippen LogP contribution in [0.1, 0.15) is 49.7 Å². The maximum atomic E-state index is 4.71. The molecule has 0 amide bonds. The fraction of sp³-hybridized carbons (Fsp3) is 0.846. The van der Waals surface area contributed by atoms with Crippen molar-refractivity contribution >= 4 is 11.8 Å². The Kier molecular flexibility index (Phi) is 4.20. The summed E-state index contributed by atoms with van der Waals surface area (Å²) in [6.45, 7) is 1.12. The lowest BCUT2D eigenvalue weighted by Crippen LogP contribution is -2.39. The molecule has 1 aromatic heterocycles. The highest BCUT2D eigenvalue weighted by Crippen LogP contribution is 2.30. The summed E-state index contributed by atoms with van der Waals surface area (Å²) in [4.78, 5) is 4.71. The summed E-state index contributed by atoms with van der Waals surface area (Å²) in [6.07, 6.45) is 7.61. The molecule has 5 heteroatoms. The summed E-state index contributed by atoms with van der Waals surface area (Å²) < 4.78 is 0. The minimum absolute atomic E-state index is 0.566. The predicted octanol–water partition coefficient (Wildman–Crippen LogP) is 2.10. The molecule has 1 saturated carbocycles. The van der Waals surface area contributed by atoms with Crippen LogP contribution in [0, 0.1) is 0 Å². The van der Waals surface area contributed by atoms with Crippen LogP contribution in [-0.4, -0.2) is 39.3 Å². The van der Waals surface area contributed by atoms with Gasteiger partial charge in [0.15, 0.2) is 5.82 Å². The number of H-pyrrole nitrogens is 1. The Morgan fingerprint density at radius 3 is 2.89 bits per heavy atom. The third kappa shape index (κ3) is 3.06. The average Bonchev–Trinajstić information content (AvgIpc) is 2.89. The monoisotopic (exact) mass is 266 g/mol. The number of aromatic amines is 1. The van der Waals surface area contributed by atoms with Crippen molar-refractivity contribution in [1.82, 2.24) is 20.5 Å². The molecule has 3 rings (SSSR count). The third-order valence-corrected chi connectivity index (χ3v) is 5.09. The van der Waals surface area contributed by atoms with Crippen LogP contribution in [0.4, 0.5) is 0 Å². The molecular weight excluding hydrogens is 244 g/mol. The van der Waals surface area contributed by atoms with Crippen molar-refractivity contribution in [1.29, 1.82) is 0 Å². The van der Waals surface area contributed by atoms with Gasteiger partial charge in [0.25, 0.3) is 0 Å². The maximum Gasteiger partial charge on any atom is 0.153 e. The number of hydrogen-bond acceptors (Lipinski definition) is 4. The lowest BCUT2D eigenvalue weighted by atomic mass is 9.89. The molecule has 0 aromatic carbocycles. The van der Waals surface area contributed by atoms with Crippen LogP contribution in [0.25, 0.3) is 0 Å². The number of nitrogens with zero attached hydrogens (tertiary/aromatic N) is 2. The summed E-state index contributed by atoms with van der Waals surface area (Å²) in [5.74, 6) is 5.17. The van der Waals surface area contributed by atoms with Gasteiger partial charge in [-0.1, -0.05) is 19.3 Å². The quantitative estimate of drug-likeness (QED) is 0.879. The molecule has 0 radical (unpaired) electrons. The molecular formula is C13H22N4S. The largest absolute Gasteiger partial charge is 0.312 e. The van der Waals surface area contributed by atoms with Crippen LogP contribution in [0.15, 0.2) is 0 Å². The minimum atomic E-state index is 0.566. The molecule has 1 saturated heterocycles. The van der Waals surface area contributed by atoms with Gasteiger partial charge in [0, 0.05) is 36.4 Å². The Hall–Kier alpha value is -0.550. The van der Waals surface area contributed by atoms with Gasteiger partial charge in [0.05, 0.1) is 0 Å². The van der Waals surface area contributed by atoms with E-state index in [0.29, 0.717) is 12.0 Å². The van der Waals surface area contributed by atoms with Gasteiger partial charge in [-0.05, 0) is 12.8 Å². The molecule has 18 heavy (non-hydrogen) atoms. The fourth-order valence-corrected chi connectivity index (χ4v) is 3.88. The normalized spacial score (nSPS) is 26.3. The second-order valence-electron chi connectivity index (χ2n) is 5.41. The molecule has 2 N–H and O–H groups in total. The van der Waals surface area contributed by atoms with Gasteiger partial charge in [0.1, 0.15) is 5.82 Å². The van der Waals surface area contributed by atoms with Crippen molar-refractivity contribution in [3.63, 3.8) is 0 Å². The van der Waals surface area contributed by atoms with E-state index in [9.17, 15) is 0 Å². The molecule has 0 spiro atoms. The highest BCUT2D eigenvalue weighted by atomic mass is 32.2. The molecule has 2 fully saturated rings. The predicted molar refractivity (Wildman–Crippen MR) is 75.0 cm³/mol. The van der Waals surface area contributed by atoms with Crippen molar-refractivity contribution in [3.05, 3.63) is 11.6 Å². The van der Waals surface area contributed by atoms with Crippen molar-refractivity contribution in [2.75, 3.05) is 18.1 Å². The van der Waals surface area contributed by atoms with E-state index in [2.05, 4.69) is 15.5 Å². The number of hydrogen-bond donors (Lipinski definition) is 2. The third-order valence-electron chi connectivity index (χ3n) is 3.96. The summed E-state index contributed by atoms with van der Waals surface area (Å²) in [6, 6.07) is 0.566. The molecule has 100 valence electrons. The van der Waals surface area contributed by atoms with Gasteiger partial charge in [-0.25, -0.2) is 4.98 Å². The van der Waals surface area contributed by atoms with E-state index in [4.69, 9.17) is 4.98 Å². The van der Waals surface area contributed by atoms with E-state index in [1.54, 1.807) is 0 Å². The first-order valence-corrected chi connectivity index (χ1v) is 8.29. The Morgan fingerprint density at radius 1 is 1.22 bits per heavy atom. The highest BCUT2D eigenvalue weighted by molar-refractivity contribution is 7.99. The zero-order valence-corrected chi connectivity index (χ0v) is 11.6. The van der Waals surface area contributed by atoms with Crippen molar-refractivity contribution in [3.8, 4) is 0 Å². The Morgan fingerprint density at radius 2 is 2.11 bits per heavy atom. The van der Waals surface area contributed by atoms with Gasteiger partial charge in [-0.2, -0.15) is 16.9 Å². The van der Waals surface area contributed by atoms with E-state index in [1.807, 2.05) is 11.8 Å². The van der Waals surface area contributed by atoms with Crippen LogP contribution < -0.4 is 5.32 Å². The average molecular weight is 266 g/mol. The van der Waals surface area contributed by atoms with E-state index < -0.39 is 0 Å². The molecule has 1 aliphatic heterocycles. The van der Waals surface area contributed by atoms with E-state index >= 15 is 0 Å². The van der Waals surface area contributed by atoms with Crippen LogP contribution in [0.3, 0.4) is 0 Å². The number of aromatic nitrogens is 3. The van der Waals surface area contributed by atoms with Gasteiger partial charge < -0.3 is 5.32 Å². The number of rotatable bonds is 3. The van der Waals surface area contributed by atoms with Crippen LogP contribution in [0.5, 0.6) is 0 Å². The molecule has 2 aliphatic rings. The fourth-order valence-electron chi connectivity index (χ4n) is 2.93. The lowest BCUT2D eigenvalue weighted by molar-refractivity contribution is 0.429. The molecule has 2 heterocycles. The summed E-state index contributed by atoms with van der Waals surface area (Å²) in [5, 5.41) is 11.1. The second-order valence-corrected chi connectivity index (χ2v) is 6.56. The second kappa shape index (κ2) is 6.06. The van der Waals surface area contributed by atoms with Gasteiger partial charge in [-0.3, -0.25) is 5.10 Å². The van der Waals surface area contributed by atoms with Gasteiger partial charge in [-0.15, -0.1) is 0 Å². The number of thioether (sulfide) groups is 1. The van der Waals surface area contributed by atoms with Crippen molar-refractivity contribution < 1.29 is 0 Å². The first-order valence-electron chi connectivity index (χ1n) is 7.14. The van der Waals surface area contributed by atoms with Crippen molar-refractivity contribution in [2.45, 2.75) is 50.5 Å². The standard InChI is InChI=1S/C13H22N4S/c1-2-4-10(5-3-1)13-15-12(16-17-13)8-11-9-18-7-6-14-11/h10-11,14H,1-9H2,(H,15,16,17). The molecule has 1 atom stereocenters. The topological polar surface area (TPSA) is 53.6 Å². The molecule has 1 aromatic rings. The Labute approximate surface area is 113 Å². The van der Waals surface area contributed by atoms with Gasteiger partial charge in [0.2, 0.25) is 0 Å². The maximum absolute atomic E-state index is 4.71. The minimum Gasteiger partial charge on any atom is -0.312 e. The van der Waals surface area contributed by atoms with Crippen molar-refractivity contribution in [2.24, 2.45) is 0 Å². The van der Waals surface area contributed by atoms with Crippen LogP contribution in [-0.2, 0) is 6.42 Å². The molecule has 1 aliphatic carbocycles. The Balaban J connectivity index is 1.58. The zero-order chi connectivity index (χ0) is 12.2. The summed E-state index contributed by atoms with van der Waals surface area (Å²) >= 11 is 2.03. The molecule has 4 nitrogen and oxygen atoms in total. The Bertz CT molecular complexity index is 367. The van der Waals surface area contributed by atoms with E-state index in [1.165, 1.54) is 43.6 Å². The van der Waals surface area contributed by atoms with Crippen LogP contribution in [0.2, 0.25) is 0 Å². The van der Waals surface area contributed by atoms with Gasteiger partial charge >= 0.3 is 0 Å². The highest BCUT2D eigenvalue weighted by Gasteiger charge is 2.21. The first-order chi connectivity index (χ1) is 8.92. The first kappa shape index (κ1) is 12.5. The SMILES string of the molecule is C1CCC(c2n[nH]c(CC3CSCCN3)n2)CC1. The lowest BCUT2D eigenvalue weighted by Gasteiger charge is -2.22. The van der Waals surface area contributed by atoms with E-state index in [-0.39, 0.29) is 0 Å². The van der Waals surface area contributed by atoms with E-state index in [0.717, 1.165) is 24.6 Å². The van der Waals surface area contributed by atoms with Crippen LogP contribution >= 0.6 is 11.8 Å². The summed E-state index contributed by atoms with van der Waals surface area (Å²) in [7, 11) is 0.